The quantitative estimate of drug-likeness (QED) is 0.111. The third kappa shape index (κ3) is 7.29. The van der Waals surface area contributed by atoms with Gasteiger partial charge in [0.25, 0.3) is 5.91 Å². The van der Waals surface area contributed by atoms with Crippen LogP contribution in [-0.2, 0) is 30.9 Å². The summed E-state index contributed by atoms with van der Waals surface area (Å²) in [5.74, 6) is 0.630. The number of anilines is 1. The molecule has 1 aliphatic heterocycles. The second kappa shape index (κ2) is 14.2. The summed E-state index contributed by atoms with van der Waals surface area (Å²) < 4.78 is 18.3. The van der Waals surface area contributed by atoms with Gasteiger partial charge in [0, 0.05) is 36.2 Å². The van der Waals surface area contributed by atoms with E-state index in [0.717, 1.165) is 61.7 Å². The predicted octanol–water partition coefficient (Wildman–Crippen LogP) is 6.59. The van der Waals surface area contributed by atoms with Crippen molar-refractivity contribution >= 4 is 41.5 Å². The van der Waals surface area contributed by atoms with E-state index in [1.54, 1.807) is 27.0 Å². The molecule has 8 nitrogen and oxygen atoms in total. The third-order valence-electron chi connectivity index (χ3n) is 9.92. The van der Waals surface area contributed by atoms with Crippen LogP contribution in [0.4, 0.5) is 5.69 Å². The van der Waals surface area contributed by atoms with Gasteiger partial charge in [0.1, 0.15) is 17.1 Å². The van der Waals surface area contributed by atoms with Crippen molar-refractivity contribution in [2.75, 3.05) is 38.3 Å². The fourth-order valence-corrected chi connectivity index (χ4v) is 7.44. The Morgan fingerprint density at radius 2 is 2.02 bits per heavy atom. The first-order valence-electron chi connectivity index (χ1n) is 16.1. The standard InChI is InChI=1S/C37H45ClN2O6/c1-24(41)18-32(42)26-11-15-34-31(20-26)40(22-37(23-45-34)16-6-8-25-19-28(38)12-14-30(25)37)21-27-10-13-29(27)33(44-5)9-7-17-46-36(2,3)35(43)39-4/h7,9,11-12,14-15,19-20,27,29,33H,4,6,8,10,13,16-18,21-23H2,1-3,5H3/b9-7+/t27-,29+,33+,37-/m0/s1. The Kier molecular flexibility index (Phi) is 10.5. The number of nitrogens with zero attached hydrogens (tertiary/aromatic N) is 2. The molecule has 4 atom stereocenters. The van der Waals surface area contributed by atoms with Crippen molar-refractivity contribution in [3.63, 3.8) is 0 Å². The van der Waals surface area contributed by atoms with Crippen LogP contribution >= 0.6 is 11.6 Å². The number of hydrogen-bond donors (Lipinski definition) is 0. The maximum atomic E-state index is 13.0. The lowest BCUT2D eigenvalue weighted by molar-refractivity contribution is -0.137. The predicted molar refractivity (Wildman–Crippen MR) is 181 cm³/mol. The Labute approximate surface area is 277 Å². The Hall–Kier alpha value is -3.33. The number of hydrogen-bond acceptors (Lipinski definition) is 7. The molecule has 0 radical (unpaired) electrons. The van der Waals surface area contributed by atoms with Gasteiger partial charge in [-0.3, -0.25) is 14.4 Å². The first-order valence-corrected chi connectivity index (χ1v) is 16.5. The molecule has 1 heterocycles. The lowest BCUT2D eigenvalue weighted by Gasteiger charge is -2.46. The van der Waals surface area contributed by atoms with Gasteiger partial charge in [-0.25, -0.2) is 4.99 Å². The number of amides is 1. The first-order chi connectivity index (χ1) is 22.0. The van der Waals surface area contributed by atoms with E-state index in [4.69, 9.17) is 25.8 Å². The fourth-order valence-electron chi connectivity index (χ4n) is 7.25. The van der Waals surface area contributed by atoms with Crippen molar-refractivity contribution in [1.29, 1.82) is 0 Å². The molecule has 1 spiro atoms. The minimum atomic E-state index is -1.04. The summed E-state index contributed by atoms with van der Waals surface area (Å²) in [6, 6.07) is 11.8. The number of aryl methyl sites for hydroxylation is 1. The van der Waals surface area contributed by atoms with E-state index in [9.17, 15) is 14.4 Å². The first kappa shape index (κ1) is 34.0. The molecule has 0 bridgehead atoms. The van der Waals surface area contributed by atoms with E-state index >= 15 is 0 Å². The molecule has 3 aliphatic rings. The zero-order valence-electron chi connectivity index (χ0n) is 27.4. The molecule has 1 amide bonds. The Morgan fingerprint density at radius 1 is 1.22 bits per heavy atom. The van der Waals surface area contributed by atoms with Gasteiger partial charge in [-0.2, -0.15) is 0 Å². The van der Waals surface area contributed by atoms with Crippen LogP contribution in [0.15, 0.2) is 53.5 Å². The second-order valence-corrected chi connectivity index (χ2v) is 13.9. The summed E-state index contributed by atoms with van der Waals surface area (Å²) in [4.78, 5) is 42.6. The van der Waals surface area contributed by atoms with Crippen molar-refractivity contribution < 1.29 is 28.6 Å². The van der Waals surface area contributed by atoms with Gasteiger partial charge in [-0.15, -0.1) is 0 Å². The Balaban J connectivity index is 1.41. The molecule has 0 aromatic heterocycles. The average Bonchev–Trinajstić information content (AvgIpc) is 3.16. The maximum Gasteiger partial charge on any atom is 0.276 e. The molecule has 0 N–H and O–H groups in total. The summed E-state index contributed by atoms with van der Waals surface area (Å²) in [6.45, 7) is 10.4. The fraction of sp³-hybridized carbons (Fsp3) is 0.514. The number of halogens is 1. The van der Waals surface area contributed by atoms with Crippen LogP contribution in [-0.4, -0.2) is 69.3 Å². The molecule has 2 aliphatic carbocycles. The molecule has 246 valence electrons. The largest absolute Gasteiger partial charge is 0.490 e. The van der Waals surface area contributed by atoms with Gasteiger partial charge >= 0.3 is 0 Å². The molecule has 5 rings (SSSR count). The summed E-state index contributed by atoms with van der Waals surface area (Å²) >= 11 is 6.42. The zero-order valence-corrected chi connectivity index (χ0v) is 28.1. The molecular formula is C37H45ClN2O6. The summed E-state index contributed by atoms with van der Waals surface area (Å²) in [5.41, 5.74) is 2.68. The highest BCUT2D eigenvalue weighted by atomic mass is 35.5. The van der Waals surface area contributed by atoms with Gasteiger partial charge in [0.15, 0.2) is 5.78 Å². The van der Waals surface area contributed by atoms with Gasteiger partial charge in [-0.05, 0) is 113 Å². The van der Waals surface area contributed by atoms with Crippen LogP contribution in [0, 0.1) is 11.8 Å². The zero-order chi connectivity index (χ0) is 33.1. The van der Waals surface area contributed by atoms with Gasteiger partial charge in [0.2, 0.25) is 0 Å². The van der Waals surface area contributed by atoms with E-state index in [1.165, 1.54) is 18.1 Å². The Bertz CT molecular complexity index is 1520. The molecule has 2 aromatic carbocycles. The van der Waals surface area contributed by atoms with E-state index in [1.807, 2.05) is 30.4 Å². The van der Waals surface area contributed by atoms with E-state index in [0.29, 0.717) is 18.1 Å². The van der Waals surface area contributed by atoms with Crippen molar-refractivity contribution in [2.24, 2.45) is 16.8 Å². The molecule has 1 fully saturated rings. The van der Waals surface area contributed by atoms with Crippen LogP contribution < -0.4 is 9.64 Å². The Morgan fingerprint density at radius 3 is 2.72 bits per heavy atom. The summed E-state index contributed by atoms with van der Waals surface area (Å²) in [6.07, 6.45) is 8.79. The number of Topliss-reactive ketones (excluding diaryl/α,β-unsaturated/α-hetero) is 2. The molecule has 0 unspecified atom stereocenters. The average molecular weight is 649 g/mol. The molecular weight excluding hydrogens is 604 g/mol. The van der Waals surface area contributed by atoms with Gasteiger partial charge in [-0.1, -0.05) is 29.8 Å². The lowest BCUT2D eigenvalue weighted by atomic mass is 9.68. The number of methoxy groups -OCH3 is 1. The monoisotopic (exact) mass is 648 g/mol. The maximum absolute atomic E-state index is 13.0. The van der Waals surface area contributed by atoms with Crippen LogP contribution in [0.1, 0.15) is 74.4 Å². The van der Waals surface area contributed by atoms with Crippen LogP contribution in [0.5, 0.6) is 5.75 Å². The van der Waals surface area contributed by atoms with Crippen LogP contribution in [0.3, 0.4) is 0 Å². The van der Waals surface area contributed by atoms with Crippen LogP contribution in [0.2, 0.25) is 5.02 Å². The molecule has 46 heavy (non-hydrogen) atoms. The number of fused-ring (bicyclic) bond motifs is 3. The van der Waals surface area contributed by atoms with Crippen molar-refractivity contribution in [1.82, 2.24) is 0 Å². The van der Waals surface area contributed by atoms with Crippen molar-refractivity contribution in [2.45, 2.75) is 76.4 Å². The summed E-state index contributed by atoms with van der Waals surface area (Å²) in [7, 11) is 1.72. The molecule has 2 aromatic rings. The third-order valence-corrected chi connectivity index (χ3v) is 10.2. The SMILES string of the molecule is C=NC(=O)C(C)(C)OC/C=C/[C@@H](OC)[C@@H]1CC[C@H]1CN1C[C@@]2(CCCc3cc(Cl)ccc32)COc2ccc(C(=O)CC(C)=O)cc21. The minimum absolute atomic E-state index is 0.114. The molecule has 0 saturated heterocycles. The normalized spacial score (nSPS) is 23.1. The van der Waals surface area contributed by atoms with E-state index in [-0.39, 0.29) is 42.0 Å². The second-order valence-electron chi connectivity index (χ2n) is 13.5. The number of aliphatic imine (C=N–C) groups is 1. The lowest BCUT2D eigenvalue weighted by Crippen LogP contribution is -2.49. The van der Waals surface area contributed by atoms with Gasteiger partial charge < -0.3 is 19.1 Å². The number of ether oxygens (including phenoxy) is 3. The summed E-state index contributed by atoms with van der Waals surface area (Å²) in [5, 5.41) is 0.744. The number of carbonyl (C=O) groups is 3. The number of benzene rings is 2. The highest BCUT2D eigenvalue weighted by Gasteiger charge is 2.44. The topological polar surface area (TPSA) is 94.5 Å². The van der Waals surface area contributed by atoms with Crippen molar-refractivity contribution in [3.05, 3.63) is 70.3 Å². The van der Waals surface area contributed by atoms with Gasteiger partial charge in [0.05, 0.1) is 31.4 Å². The van der Waals surface area contributed by atoms with E-state index in [2.05, 4.69) is 28.7 Å². The van der Waals surface area contributed by atoms with Crippen molar-refractivity contribution in [3.8, 4) is 5.75 Å². The highest BCUT2D eigenvalue weighted by molar-refractivity contribution is 6.30. The molecule has 1 saturated carbocycles. The van der Waals surface area contributed by atoms with Crippen LogP contribution in [0.25, 0.3) is 0 Å². The van der Waals surface area contributed by atoms with E-state index < -0.39 is 11.5 Å². The number of rotatable bonds is 12. The highest BCUT2D eigenvalue weighted by Crippen LogP contribution is 2.47. The number of ketones is 2. The smallest absolute Gasteiger partial charge is 0.276 e. The number of carbonyl (C=O) groups excluding carboxylic acids is 3. The molecule has 9 heteroatoms. The minimum Gasteiger partial charge on any atom is -0.490 e.